The van der Waals surface area contributed by atoms with Crippen LogP contribution in [0.25, 0.3) is 0 Å². The number of amides is 1. The molecular formula is C15H17F3N6O2. The maximum absolute atomic E-state index is 12.9. The number of halogens is 3. The fourth-order valence-corrected chi connectivity index (χ4v) is 2.63. The van der Waals surface area contributed by atoms with Crippen LogP contribution in [0.3, 0.4) is 0 Å². The number of carbonyl (C=O) groups excluding carboxylic acids is 1. The highest BCUT2D eigenvalue weighted by Crippen LogP contribution is 2.31. The molecule has 1 aliphatic rings. The molecule has 2 aromatic rings. The first-order chi connectivity index (χ1) is 12.2. The monoisotopic (exact) mass is 370 g/mol. The molecule has 0 N–H and O–H groups in total. The Morgan fingerprint density at radius 3 is 2.69 bits per heavy atom. The Kier molecular flexibility index (Phi) is 4.46. The first-order valence-corrected chi connectivity index (χ1v) is 7.81. The molecule has 11 heteroatoms. The van der Waals surface area contributed by atoms with Crippen LogP contribution in [-0.4, -0.2) is 50.8 Å². The largest absolute Gasteiger partial charge is 0.416 e. The lowest BCUT2D eigenvalue weighted by Crippen LogP contribution is -2.38. The van der Waals surface area contributed by atoms with Gasteiger partial charge in [0.05, 0.1) is 12.1 Å². The fraction of sp³-hybridized carbons (Fsp3) is 0.467. The molecule has 0 unspecified atom stereocenters. The highest BCUT2D eigenvalue weighted by Gasteiger charge is 2.32. The van der Waals surface area contributed by atoms with Crippen LogP contribution >= 0.6 is 0 Å². The molecule has 8 nitrogen and oxygen atoms in total. The number of pyridine rings is 1. The molecule has 0 saturated carbocycles. The van der Waals surface area contributed by atoms with Crippen molar-refractivity contribution in [3.05, 3.63) is 40.2 Å². The van der Waals surface area contributed by atoms with Crippen LogP contribution in [0.2, 0.25) is 0 Å². The van der Waals surface area contributed by atoms with E-state index >= 15 is 0 Å². The molecule has 2 aromatic heterocycles. The molecule has 1 amide bonds. The number of aromatic nitrogens is 4. The van der Waals surface area contributed by atoms with Gasteiger partial charge < -0.3 is 9.80 Å². The van der Waals surface area contributed by atoms with E-state index in [4.69, 9.17) is 0 Å². The summed E-state index contributed by atoms with van der Waals surface area (Å²) < 4.78 is 41.1. The smallest absolute Gasteiger partial charge is 0.347 e. The third-order valence-electron chi connectivity index (χ3n) is 4.11. The van der Waals surface area contributed by atoms with Crippen LogP contribution in [0.4, 0.5) is 19.0 Å². The second-order valence-electron chi connectivity index (χ2n) is 6.12. The Balaban J connectivity index is 1.84. The minimum atomic E-state index is -4.45. The van der Waals surface area contributed by atoms with E-state index in [0.717, 1.165) is 23.0 Å². The van der Waals surface area contributed by atoms with Gasteiger partial charge >= 0.3 is 11.9 Å². The van der Waals surface area contributed by atoms with Crippen LogP contribution in [0.1, 0.15) is 11.4 Å². The Hall–Kier alpha value is -2.85. The van der Waals surface area contributed by atoms with Gasteiger partial charge in [0.2, 0.25) is 5.91 Å². The van der Waals surface area contributed by atoms with Crippen molar-refractivity contribution in [2.75, 3.05) is 25.5 Å². The van der Waals surface area contributed by atoms with Gasteiger partial charge in [-0.3, -0.25) is 9.36 Å². The number of carbonyl (C=O) groups is 1. The second-order valence-corrected chi connectivity index (χ2v) is 6.12. The van der Waals surface area contributed by atoms with Crippen molar-refractivity contribution in [2.45, 2.75) is 25.8 Å². The SMILES string of the molecule is CN(C)C(=O)Cn1nc2n(c1=O)CCN(c1cc(C(F)(F)F)ccn1)C2. The van der Waals surface area contributed by atoms with Gasteiger partial charge in [-0.15, -0.1) is 0 Å². The Bertz CT molecular complexity index is 886. The van der Waals surface area contributed by atoms with Crippen molar-refractivity contribution in [1.29, 1.82) is 0 Å². The number of hydrogen-bond acceptors (Lipinski definition) is 5. The lowest BCUT2D eigenvalue weighted by atomic mass is 10.2. The fourth-order valence-electron chi connectivity index (χ4n) is 2.63. The molecule has 3 heterocycles. The second kappa shape index (κ2) is 6.46. The quantitative estimate of drug-likeness (QED) is 0.790. The van der Waals surface area contributed by atoms with Gasteiger partial charge in [0, 0.05) is 33.4 Å². The van der Waals surface area contributed by atoms with E-state index in [9.17, 15) is 22.8 Å². The summed E-state index contributed by atoms with van der Waals surface area (Å²) in [5, 5.41) is 4.15. The normalized spacial score (nSPS) is 14.3. The zero-order chi connectivity index (χ0) is 19.1. The van der Waals surface area contributed by atoms with Crippen molar-refractivity contribution >= 4 is 11.7 Å². The number of alkyl halides is 3. The minimum absolute atomic E-state index is 0.132. The number of fused-ring (bicyclic) bond motifs is 1. The maximum atomic E-state index is 12.9. The van der Waals surface area contributed by atoms with Gasteiger partial charge in [-0.25, -0.2) is 14.5 Å². The Labute approximate surface area is 146 Å². The van der Waals surface area contributed by atoms with Gasteiger partial charge in [0.15, 0.2) is 5.82 Å². The van der Waals surface area contributed by atoms with Crippen LogP contribution in [-0.2, 0) is 30.6 Å². The average molecular weight is 370 g/mol. The number of nitrogens with zero attached hydrogens (tertiary/aromatic N) is 6. The van der Waals surface area contributed by atoms with Gasteiger partial charge in [0.25, 0.3) is 0 Å². The molecule has 0 aromatic carbocycles. The molecule has 3 rings (SSSR count). The third kappa shape index (κ3) is 3.41. The first-order valence-electron chi connectivity index (χ1n) is 7.81. The van der Waals surface area contributed by atoms with E-state index < -0.39 is 17.4 Å². The van der Waals surface area contributed by atoms with Gasteiger partial charge in [-0.1, -0.05) is 0 Å². The van der Waals surface area contributed by atoms with Crippen LogP contribution in [0, 0.1) is 0 Å². The van der Waals surface area contributed by atoms with Crippen molar-refractivity contribution < 1.29 is 18.0 Å². The topological polar surface area (TPSA) is 76.3 Å². The summed E-state index contributed by atoms with van der Waals surface area (Å²) in [6.07, 6.45) is -3.35. The van der Waals surface area contributed by atoms with Gasteiger partial charge in [-0.05, 0) is 12.1 Å². The summed E-state index contributed by atoms with van der Waals surface area (Å²) in [6, 6.07) is 1.88. The van der Waals surface area contributed by atoms with E-state index in [1.165, 1.54) is 9.47 Å². The Morgan fingerprint density at radius 2 is 2.04 bits per heavy atom. The maximum Gasteiger partial charge on any atom is 0.416 e. The van der Waals surface area contributed by atoms with Crippen LogP contribution in [0.15, 0.2) is 23.1 Å². The minimum Gasteiger partial charge on any atom is -0.347 e. The van der Waals surface area contributed by atoms with Crippen molar-refractivity contribution in [3.8, 4) is 0 Å². The standard InChI is InChI=1S/C15H17F3N6O2/c1-21(2)13(25)9-24-14(26)23-6-5-22(8-12(23)20-24)11-7-10(3-4-19-11)15(16,17)18/h3-4,7H,5-6,8-9H2,1-2H3. The zero-order valence-electron chi connectivity index (χ0n) is 14.2. The van der Waals surface area contributed by atoms with Gasteiger partial charge in [0.1, 0.15) is 12.4 Å². The van der Waals surface area contributed by atoms with E-state index in [-0.39, 0.29) is 31.4 Å². The van der Waals surface area contributed by atoms with Crippen LogP contribution in [0.5, 0.6) is 0 Å². The molecule has 0 atom stereocenters. The highest BCUT2D eigenvalue weighted by atomic mass is 19.4. The number of rotatable bonds is 3. The number of hydrogen-bond donors (Lipinski definition) is 0. The molecule has 0 bridgehead atoms. The molecule has 0 fully saturated rings. The predicted molar refractivity (Wildman–Crippen MR) is 85.5 cm³/mol. The summed E-state index contributed by atoms with van der Waals surface area (Å²) >= 11 is 0. The highest BCUT2D eigenvalue weighted by molar-refractivity contribution is 5.75. The molecular weight excluding hydrogens is 353 g/mol. The summed E-state index contributed by atoms with van der Waals surface area (Å²) in [5.74, 6) is 0.267. The zero-order valence-corrected chi connectivity index (χ0v) is 14.2. The summed E-state index contributed by atoms with van der Waals surface area (Å²) in [6.45, 7) is 0.511. The summed E-state index contributed by atoms with van der Waals surface area (Å²) in [5.41, 5.74) is -1.19. The summed E-state index contributed by atoms with van der Waals surface area (Å²) in [4.78, 5) is 31.1. The van der Waals surface area contributed by atoms with E-state index in [1.54, 1.807) is 19.0 Å². The van der Waals surface area contributed by atoms with E-state index in [2.05, 4.69) is 10.1 Å². The predicted octanol–water partition coefficient (Wildman–Crippen LogP) is 0.567. The molecule has 0 saturated heterocycles. The van der Waals surface area contributed by atoms with Gasteiger partial charge in [-0.2, -0.15) is 18.3 Å². The van der Waals surface area contributed by atoms with E-state index in [1.807, 2.05) is 0 Å². The molecule has 0 spiro atoms. The molecule has 140 valence electrons. The molecule has 0 radical (unpaired) electrons. The molecule has 0 aliphatic carbocycles. The molecule has 1 aliphatic heterocycles. The number of likely N-dealkylation sites (N-methyl/N-ethyl adjacent to an activating group) is 1. The van der Waals surface area contributed by atoms with Crippen LogP contribution < -0.4 is 10.6 Å². The third-order valence-corrected chi connectivity index (χ3v) is 4.11. The first kappa shape index (κ1) is 18.0. The average Bonchev–Trinajstić information content (AvgIpc) is 2.89. The summed E-state index contributed by atoms with van der Waals surface area (Å²) in [7, 11) is 3.15. The van der Waals surface area contributed by atoms with Crippen molar-refractivity contribution in [2.24, 2.45) is 0 Å². The Morgan fingerprint density at radius 1 is 1.31 bits per heavy atom. The van der Waals surface area contributed by atoms with Crippen molar-refractivity contribution in [3.63, 3.8) is 0 Å². The van der Waals surface area contributed by atoms with Crippen molar-refractivity contribution in [1.82, 2.24) is 24.2 Å². The lowest BCUT2D eigenvalue weighted by molar-refractivity contribution is -0.137. The lowest BCUT2D eigenvalue weighted by Gasteiger charge is -2.27. The number of anilines is 1. The molecule has 26 heavy (non-hydrogen) atoms. The van der Waals surface area contributed by atoms with E-state index in [0.29, 0.717) is 12.4 Å².